The SMILES string of the molecule is C=C(C)CN(CC)C(=O)CN1CC(O)CC1CN(C)C. The highest BCUT2D eigenvalue weighted by Crippen LogP contribution is 2.18. The molecular formula is C15H29N3O2. The van der Waals surface area contributed by atoms with Crippen LogP contribution in [0, 0.1) is 0 Å². The Morgan fingerprint density at radius 2 is 2.10 bits per heavy atom. The molecule has 0 aliphatic carbocycles. The Labute approximate surface area is 122 Å². The first-order valence-electron chi connectivity index (χ1n) is 7.32. The van der Waals surface area contributed by atoms with Gasteiger partial charge < -0.3 is 14.9 Å². The molecule has 2 unspecified atom stereocenters. The van der Waals surface area contributed by atoms with Crippen molar-refractivity contribution in [2.75, 3.05) is 46.8 Å². The van der Waals surface area contributed by atoms with Crippen LogP contribution in [0.4, 0.5) is 0 Å². The number of hydrogen-bond donors (Lipinski definition) is 1. The quantitative estimate of drug-likeness (QED) is 0.688. The van der Waals surface area contributed by atoms with Crippen molar-refractivity contribution in [3.8, 4) is 0 Å². The predicted molar refractivity (Wildman–Crippen MR) is 81.6 cm³/mol. The summed E-state index contributed by atoms with van der Waals surface area (Å²) in [4.78, 5) is 18.4. The van der Waals surface area contributed by atoms with E-state index in [0.29, 0.717) is 26.2 Å². The number of β-amino-alcohol motifs (C(OH)–C–C–N with tert-alkyl or cyclic N) is 1. The molecular weight excluding hydrogens is 254 g/mol. The van der Waals surface area contributed by atoms with Gasteiger partial charge in [0, 0.05) is 32.2 Å². The second-order valence-corrected chi connectivity index (χ2v) is 6.10. The first kappa shape index (κ1) is 17.1. The van der Waals surface area contributed by atoms with Crippen LogP contribution >= 0.6 is 0 Å². The number of hydrogen-bond acceptors (Lipinski definition) is 4. The molecule has 1 aliphatic heterocycles. The number of likely N-dealkylation sites (N-methyl/N-ethyl adjacent to an activating group) is 2. The van der Waals surface area contributed by atoms with E-state index in [-0.39, 0.29) is 18.1 Å². The predicted octanol–water partition coefficient (Wildman–Crippen LogP) is 0.408. The van der Waals surface area contributed by atoms with Crippen LogP contribution in [0.2, 0.25) is 0 Å². The van der Waals surface area contributed by atoms with E-state index in [0.717, 1.165) is 18.5 Å². The minimum Gasteiger partial charge on any atom is -0.392 e. The normalized spacial score (nSPS) is 23.3. The lowest BCUT2D eigenvalue weighted by molar-refractivity contribution is -0.132. The molecule has 1 heterocycles. The maximum atomic E-state index is 12.4. The summed E-state index contributed by atoms with van der Waals surface area (Å²) in [7, 11) is 4.04. The molecule has 0 aromatic rings. The summed E-state index contributed by atoms with van der Waals surface area (Å²) >= 11 is 0. The third-order valence-electron chi connectivity index (χ3n) is 3.62. The highest BCUT2D eigenvalue weighted by atomic mass is 16.3. The van der Waals surface area contributed by atoms with Crippen LogP contribution in [0.1, 0.15) is 20.3 Å². The Bertz CT molecular complexity index is 344. The van der Waals surface area contributed by atoms with Crippen LogP contribution < -0.4 is 0 Å². The third-order valence-corrected chi connectivity index (χ3v) is 3.62. The molecule has 5 nitrogen and oxygen atoms in total. The second kappa shape index (κ2) is 7.76. The van der Waals surface area contributed by atoms with Crippen molar-refractivity contribution in [3.05, 3.63) is 12.2 Å². The van der Waals surface area contributed by atoms with E-state index >= 15 is 0 Å². The fraction of sp³-hybridized carbons (Fsp3) is 0.800. The fourth-order valence-electron chi connectivity index (χ4n) is 2.74. The van der Waals surface area contributed by atoms with Gasteiger partial charge in [-0.15, -0.1) is 0 Å². The zero-order valence-corrected chi connectivity index (χ0v) is 13.3. The van der Waals surface area contributed by atoms with Gasteiger partial charge in [-0.1, -0.05) is 12.2 Å². The van der Waals surface area contributed by atoms with Gasteiger partial charge in [-0.3, -0.25) is 9.69 Å². The highest BCUT2D eigenvalue weighted by molar-refractivity contribution is 5.78. The van der Waals surface area contributed by atoms with Gasteiger partial charge in [-0.25, -0.2) is 0 Å². The summed E-state index contributed by atoms with van der Waals surface area (Å²) < 4.78 is 0. The number of carbonyl (C=O) groups is 1. The molecule has 0 bridgehead atoms. The van der Waals surface area contributed by atoms with E-state index < -0.39 is 0 Å². The second-order valence-electron chi connectivity index (χ2n) is 6.10. The smallest absolute Gasteiger partial charge is 0.237 e. The Hall–Kier alpha value is -0.910. The maximum Gasteiger partial charge on any atom is 0.237 e. The molecule has 1 rings (SSSR count). The molecule has 1 fully saturated rings. The van der Waals surface area contributed by atoms with Gasteiger partial charge >= 0.3 is 0 Å². The fourth-order valence-corrected chi connectivity index (χ4v) is 2.74. The van der Waals surface area contributed by atoms with E-state index in [1.54, 1.807) is 0 Å². The highest BCUT2D eigenvalue weighted by Gasteiger charge is 2.33. The minimum absolute atomic E-state index is 0.119. The van der Waals surface area contributed by atoms with Gasteiger partial charge in [-0.2, -0.15) is 0 Å². The summed E-state index contributed by atoms with van der Waals surface area (Å²) in [5.74, 6) is 0.119. The van der Waals surface area contributed by atoms with Crippen molar-refractivity contribution in [1.29, 1.82) is 0 Å². The summed E-state index contributed by atoms with van der Waals surface area (Å²) in [6, 6.07) is 0.257. The molecule has 1 aliphatic rings. The number of rotatable bonds is 7. The zero-order chi connectivity index (χ0) is 15.3. The van der Waals surface area contributed by atoms with Crippen molar-refractivity contribution in [2.45, 2.75) is 32.4 Å². The number of amides is 1. The van der Waals surface area contributed by atoms with E-state index in [2.05, 4.69) is 16.4 Å². The van der Waals surface area contributed by atoms with Crippen molar-refractivity contribution < 1.29 is 9.90 Å². The van der Waals surface area contributed by atoms with Crippen molar-refractivity contribution in [1.82, 2.24) is 14.7 Å². The Morgan fingerprint density at radius 3 is 2.60 bits per heavy atom. The largest absolute Gasteiger partial charge is 0.392 e. The van der Waals surface area contributed by atoms with Crippen LogP contribution in [0.5, 0.6) is 0 Å². The van der Waals surface area contributed by atoms with Gasteiger partial charge in [-0.05, 0) is 34.4 Å². The lowest BCUT2D eigenvalue weighted by Gasteiger charge is -2.29. The molecule has 1 saturated heterocycles. The molecule has 1 amide bonds. The minimum atomic E-state index is -0.316. The first-order valence-corrected chi connectivity index (χ1v) is 7.32. The van der Waals surface area contributed by atoms with E-state index in [1.807, 2.05) is 32.8 Å². The van der Waals surface area contributed by atoms with Crippen molar-refractivity contribution in [3.63, 3.8) is 0 Å². The maximum absolute atomic E-state index is 12.4. The van der Waals surface area contributed by atoms with Crippen LogP contribution in [-0.4, -0.2) is 84.7 Å². The first-order chi connectivity index (χ1) is 9.33. The topological polar surface area (TPSA) is 47.0 Å². The summed E-state index contributed by atoms with van der Waals surface area (Å²) in [5, 5.41) is 9.84. The van der Waals surface area contributed by atoms with Gasteiger partial charge in [0.25, 0.3) is 0 Å². The Balaban J connectivity index is 2.59. The molecule has 0 aromatic heterocycles. The van der Waals surface area contributed by atoms with Gasteiger partial charge in [0.15, 0.2) is 0 Å². The van der Waals surface area contributed by atoms with Crippen molar-refractivity contribution in [2.24, 2.45) is 0 Å². The Morgan fingerprint density at radius 1 is 1.45 bits per heavy atom. The number of aliphatic hydroxyl groups excluding tert-OH is 1. The third kappa shape index (κ3) is 5.23. The summed E-state index contributed by atoms with van der Waals surface area (Å²) in [6.07, 6.45) is 0.432. The molecule has 0 radical (unpaired) electrons. The number of aliphatic hydroxyl groups is 1. The molecule has 0 aromatic carbocycles. The average molecular weight is 283 g/mol. The average Bonchev–Trinajstić information content (AvgIpc) is 2.65. The molecule has 2 atom stereocenters. The van der Waals surface area contributed by atoms with E-state index in [1.165, 1.54) is 0 Å². The molecule has 0 spiro atoms. The number of nitrogens with zero attached hydrogens (tertiary/aromatic N) is 3. The summed E-state index contributed by atoms with van der Waals surface area (Å²) in [6.45, 7) is 10.9. The van der Waals surface area contributed by atoms with Crippen molar-refractivity contribution >= 4 is 5.91 Å². The monoisotopic (exact) mass is 283 g/mol. The van der Waals surface area contributed by atoms with Gasteiger partial charge in [0.1, 0.15) is 0 Å². The van der Waals surface area contributed by atoms with Gasteiger partial charge in [0.2, 0.25) is 5.91 Å². The summed E-state index contributed by atoms with van der Waals surface area (Å²) in [5.41, 5.74) is 0.992. The standard InChI is InChI=1S/C15H29N3O2/c1-6-17(8-12(2)3)15(20)11-18-10-14(19)7-13(18)9-16(4)5/h13-14,19H,2,6-11H2,1,3-5H3. The molecule has 5 heteroatoms. The van der Waals surface area contributed by atoms with Gasteiger partial charge in [0.05, 0.1) is 12.6 Å². The molecule has 20 heavy (non-hydrogen) atoms. The van der Waals surface area contributed by atoms with Crippen LogP contribution in [0.25, 0.3) is 0 Å². The molecule has 1 N–H and O–H groups in total. The zero-order valence-electron chi connectivity index (χ0n) is 13.3. The lowest BCUT2D eigenvalue weighted by Crippen LogP contribution is -2.45. The van der Waals surface area contributed by atoms with Crippen LogP contribution in [0.15, 0.2) is 12.2 Å². The van der Waals surface area contributed by atoms with E-state index in [9.17, 15) is 9.90 Å². The van der Waals surface area contributed by atoms with Crippen LogP contribution in [-0.2, 0) is 4.79 Å². The number of carbonyl (C=O) groups excluding carboxylic acids is 1. The lowest BCUT2D eigenvalue weighted by atomic mass is 10.2. The Kier molecular flexibility index (Phi) is 6.65. The molecule has 0 saturated carbocycles. The van der Waals surface area contributed by atoms with Crippen LogP contribution in [0.3, 0.4) is 0 Å². The van der Waals surface area contributed by atoms with E-state index in [4.69, 9.17) is 0 Å². The molecule has 116 valence electrons. The number of likely N-dealkylation sites (tertiary alicyclic amines) is 1.